The van der Waals surface area contributed by atoms with Crippen LogP contribution in [0.25, 0.3) is 11.1 Å². The van der Waals surface area contributed by atoms with Crippen molar-refractivity contribution in [2.24, 2.45) is 5.73 Å². The lowest BCUT2D eigenvalue weighted by Gasteiger charge is -2.31. The summed E-state index contributed by atoms with van der Waals surface area (Å²) in [6.45, 7) is 1.20. The van der Waals surface area contributed by atoms with Gasteiger partial charge in [0.15, 0.2) is 18.1 Å². The zero-order valence-corrected chi connectivity index (χ0v) is 15.3. The first-order chi connectivity index (χ1) is 13.6. The Hall–Kier alpha value is -3.35. The van der Waals surface area contributed by atoms with Crippen LogP contribution in [-0.2, 0) is 4.79 Å². The van der Waals surface area contributed by atoms with Crippen molar-refractivity contribution in [3.63, 3.8) is 0 Å². The van der Waals surface area contributed by atoms with Gasteiger partial charge in [0.1, 0.15) is 11.3 Å². The van der Waals surface area contributed by atoms with Gasteiger partial charge >= 0.3 is 0 Å². The number of nitrogens with zero attached hydrogens (tertiary/aromatic N) is 2. The molecule has 1 fully saturated rings. The summed E-state index contributed by atoms with van der Waals surface area (Å²) in [6, 6.07) is 14.1. The number of aromatic nitrogens is 1. The van der Waals surface area contributed by atoms with Crippen LogP contribution in [0.4, 0.5) is 0 Å². The van der Waals surface area contributed by atoms with Crippen LogP contribution in [0.2, 0.25) is 0 Å². The van der Waals surface area contributed by atoms with Crippen LogP contribution in [0.5, 0.6) is 5.75 Å². The lowest BCUT2D eigenvalue weighted by atomic mass is 9.98. The summed E-state index contributed by atoms with van der Waals surface area (Å²) in [5, 5.41) is 0. The molecule has 3 aromatic rings. The SMILES string of the molecule is NC(=O)c1ccc(OCC(=O)N2CCC[C@@H](c3nc4ccccc4o3)C2)cc1. The highest BCUT2D eigenvalue weighted by Crippen LogP contribution is 2.29. The van der Waals surface area contributed by atoms with E-state index >= 15 is 0 Å². The maximum Gasteiger partial charge on any atom is 0.260 e. The summed E-state index contributed by atoms with van der Waals surface area (Å²) in [4.78, 5) is 30.0. The second-order valence-electron chi connectivity index (χ2n) is 6.88. The number of oxazole rings is 1. The Morgan fingerprint density at radius 1 is 1.18 bits per heavy atom. The van der Waals surface area contributed by atoms with E-state index in [-0.39, 0.29) is 18.4 Å². The Kier molecular flexibility index (Phi) is 4.97. The number of para-hydroxylation sites is 2. The fraction of sp³-hybridized carbons (Fsp3) is 0.286. The number of carbonyl (C=O) groups excluding carboxylic acids is 2. The number of piperidine rings is 1. The molecular formula is C21H21N3O4. The van der Waals surface area contributed by atoms with Crippen molar-refractivity contribution in [1.82, 2.24) is 9.88 Å². The van der Waals surface area contributed by atoms with E-state index in [0.717, 1.165) is 23.9 Å². The van der Waals surface area contributed by atoms with Gasteiger partial charge in [0.05, 0.1) is 5.92 Å². The summed E-state index contributed by atoms with van der Waals surface area (Å²) in [5.41, 5.74) is 7.22. The molecule has 0 bridgehead atoms. The van der Waals surface area contributed by atoms with Crippen molar-refractivity contribution in [2.75, 3.05) is 19.7 Å². The Bertz CT molecular complexity index is 963. The Morgan fingerprint density at radius 2 is 1.96 bits per heavy atom. The van der Waals surface area contributed by atoms with E-state index in [2.05, 4.69) is 4.98 Å². The first-order valence-electron chi connectivity index (χ1n) is 9.26. The van der Waals surface area contributed by atoms with Crippen molar-refractivity contribution in [3.05, 3.63) is 60.0 Å². The number of fused-ring (bicyclic) bond motifs is 1. The van der Waals surface area contributed by atoms with Gasteiger partial charge in [0.25, 0.3) is 5.91 Å². The van der Waals surface area contributed by atoms with Crippen LogP contribution < -0.4 is 10.5 Å². The molecule has 0 radical (unpaired) electrons. The largest absolute Gasteiger partial charge is 0.484 e. The molecular weight excluding hydrogens is 358 g/mol. The van der Waals surface area contributed by atoms with E-state index in [1.807, 2.05) is 24.3 Å². The van der Waals surface area contributed by atoms with Gasteiger partial charge in [0, 0.05) is 18.7 Å². The number of rotatable bonds is 5. The van der Waals surface area contributed by atoms with E-state index in [1.54, 1.807) is 29.2 Å². The Labute approximate surface area is 162 Å². The molecule has 1 aliphatic rings. The van der Waals surface area contributed by atoms with Gasteiger partial charge in [-0.05, 0) is 49.2 Å². The van der Waals surface area contributed by atoms with E-state index in [0.29, 0.717) is 30.3 Å². The van der Waals surface area contributed by atoms with Crippen LogP contribution >= 0.6 is 0 Å². The van der Waals surface area contributed by atoms with Crippen molar-refractivity contribution < 1.29 is 18.7 Å². The number of benzene rings is 2. The minimum Gasteiger partial charge on any atom is -0.484 e. The summed E-state index contributed by atoms with van der Waals surface area (Å²) in [6.07, 6.45) is 1.83. The number of likely N-dealkylation sites (tertiary alicyclic amines) is 1. The fourth-order valence-electron chi connectivity index (χ4n) is 3.42. The topological polar surface area (TPSA) is 98.7 Å². The Balaban J connectivity index is 1.37. The van der Waals surface area contributed by atoms with Crippen molar-refractivity contribution >= 4 is 22.9 Å². The van der Waals surface area contributed by atoms with E-state index < -0.39 is 5.91 Å². The van der Waals surface area contributed by atoms with Gasteiger partial charge < -0.3 is 19.8 Å². The van der Waals surface area contributed by atoms with Gasteiger partial charge in [-0.2, -0.15) is 0 Å². The molecule has 0 unspecified atom stereocenters. The summed E-state index contributed by atoms with van der Waals surface area (Å²) < 4.78 is 11.4. The van der Waals surface area contributed by atoms with Crippen LogP contribution in [0.3, 0.4) is 0 Å². The Morgan fingerprint density at radius 3 is 2.71 bits per heavy atom. The summed E-state index contributed by atoms with van der Waals surface area (Å²) >= 11 is 0. The predicted molar refractivity (Wildman–Crippen MR) is 103 cm³/mol. The van der Waals surface area contributed by atoms with Gasteiger partial charge in [-0.15, -0.1) is 0 Å². The highest BCUT2D eigenvalue weighted by Gasteiger charge is 2.28. The number of hydrogen-bond acceptors (Lipinski definition) is 5. The molecule has 2 heterocycles. The quantitative estimate of drug-likeness (QED) is 0.735. The van der Waals surface area contributed by atoms with Crippen molar-refractivity contribution in [3.8, 4) is 5.75 Å². The molecule has 0 aliphatic carbocycles. The highest BCUT2D eigenvalue weighted by molar-refractivity contribution is 5.92. The molecule has 2 amide bonds. The summed E-state index contributed by atoms with van der Waals surface area (Å²) in [5.74, 6) is 0.702. The molecule has 1 aromatic heterocycles. The third-order valence-electron chi connectivity index (χ3n) is 4.93. The number of carbonyl (C=O) groups is 2. The standard InChI is InChI=1S/C21H21N3O4/c22-20(26)14-7-9-16(10-8-14)27-13-19(25)24-11-3-4-15(12-24)21-23-17-5-1-2-6-18(17)28-21/h1-2,5-10,15H,3-4,11-13H2,(H2,22,26)/t15-/m1/s1. The molecule has 2 N–H and O–H groups in total. The second kappa shape index (κ2) is 7.72. The van der Waals surface area contributed by atoms with Gasteiger partial charge in [-0.25, -0.2) is 4.98 Å². The maximum absolute atomic E-state index is 12.6. The molecule has 2 aromatic carbocycles. The number of amides is 2. The lowest BCUT2D eigenvalue weighted by molar-refractivity contribution is -0.134. The third-order valence-corrected chi connectivity index (χ3v) is 4.93. The van der Waals surface area contributed by atoms with Crippen LogP contribution in [-0.4, -0.2) is 41.4 Å². The smallest absolute Gasteiger partial charge is 0.260 e. The third kappa shape index (κ3) is 3.83. The second-order valence-corrected chi connectivity index (χ2v) is 6.88. The molecule has 1 aliphatic heterocycles. The number of primary amides is 1. The monoisotopic (exact) mass is 379 g/mol. The van der Waals surface area contributed by atoms with Crippen LogP contribution in [0, 0.1) is 0 Å². The zero-order valence-electron chi connectivity index (χ0n) is 15.3. The summed E-state index contributed by atoms with van der Waals surface area (Å²) in [7, 11) is 0. The van der Waals surface area contributed by atoms with Crippen LogP contribution in [0.1, 0.15) is 35.0 Å². The molecule has 28 heavy (non-hydrogen) atoms. The number of ether oxygens (including phenoxy) is 1. The lowest BCUT2D eigenvalue weighted by Crippen LogP contribution is -2.41. The average molecular weight is 379 g/mol. The zero-order chi connectivity index (χ0) is 19.5. The van der Waals surface area contributed by atoms with Gasteiger partial charge in [-0.3, -0.25) is 9.59 Å². The number of nitrogens with two attached hydrogens (primary N) is 1. The van der Waals surface area contributed by atoms with Crippen LogP contribution in [0.15, 0.2) is 52.9 Å². The molecule has 7 heteroatoms. The average Bonchev–Trinajstić information content (AvgIpc) is 3.17. The molecule has 1 saturated heterocycles. The molecule has 0 spiro atoms. The first-order valence-corrected chi connectivity index (χ1v) is 9.26. The predicted octanol–water partition coefficient (Wildman–Crippen LogP) is 2.71. The molecule has 7 nitrogen and oxygen atoms in total. The van der Waals surface area contributed by atoms with Gasteiger partial charge in [0.2, 0.25) is 5.91 Å². The maximum atomic E-state index is 12.6. The van der Waals surface area contributed by atoms with E-state index in [9.17, 15) is 9.59 Å². The van der Waals surface area contributed by atoms with Crippen molar-refractivity contribution in [1.29, 1.82) is 0 Å². The number of hydrogen-bond donors (Lipinski definition) is 1. The normalized spacial score (nSPS) is 16.9. The minimum absolute atomic E-state index is 0.0593. The molecule has 144 valence electrons. The fourth-order valence-corrected chi connectivity index (χ4v) is 3.42. The molecule has 4 rings (SSSR count). The van der Waals surface area contributed by atoms with E-state index in [1.165, 1.54) is 0 Å². The van der Waals surface area contributed by atoms with Crippen molar-refractivity contribution in [2.45, 2.75) is 18.8 Å². The molecule has 0 saturated carbocycles. The first kappa shape index (κ1) is 18.0. The molecule has 1 atom stereocenters. The minimum atomic E-state index is -0.499. The van der Waals surface area contributed by atoms with E-state index in [4.69, 9.17) is 14.9 Å². The van der Waals surface area contributed by atoms with Gasteiger partial charge in [-0.1, -0.05) is 12.1 Å². The highest BCUT2D eigenvalue weighted by atomic mass is 16.5.